The summed E-state index contributed by atoms with van der Waals surface area (Å²) in [6.07, 6.45) is -3.50. The largest absolute Gasteiger partial charge is 0.490 e. The van der Waals surface area contributed by atoms with Crippen molar-refractivity contribution in [3.8, 4) is 0 Å². The summed E-state index contributed by atoms with van der Waals surface area (Å²) >= 11 is 1.53. The maximum absolute atomic E-state index is 12.7. The topological polar surface area (TPSA) is 102 Å². The van der Waals surface area contributed by atoms with Gasteiger partial charge in [-0.25, -0.2) is 4.79 Å². The molecule has 8 nitrogen and oxygen atoms in total. The lowest BCUT2D eigenvalue weighted by molar-refractivity contribution is -0.192. The number of carbonyl (C=O) groups excluding carboxylic acids is 2. The minimum Gasteiger partial charge on any atom is -0.475 e. The summed E-state index contributed by atoms with van der Waals surface area (Å²) in [6, 6.07) is 20.2. The van der Waals surface area contributed by atoms with Crippen LogP contribution in [0.2, 0.25) is 0 Å². The van der Waals surface area contributed by atoms with Crippen molar-refractivity contribution in [2.75, 3.05) is 37.7 Å². The number of halogens is 3. The highest BCUT2D eigenvalue weighted by atomic mass is 32.1. The SMILES string of the molecule is O=C(NCCN1CCC2(CC1)C(=O)NCN2c1ccccc1)c1cc2ccccc2s1.O=C(O)C(F)(F)F. The fraction of sp³-hybridized carbons (Fsp3) is 0.346. The molecular formula is C26H27F3N4O4S. The summed E-state index contributed by atoms with van der Waals surface area (Å²) in [4.78, 5) is 39.5. The lowest BCUT2D eigenvalue weighted by atomic mass is 9.85. The molecule has 3 aromatic rings. The van der Waals surface area contributed by atoms with Gasteiger partial charge in [-0.2, -0.15) is 13.2 Å². The van der Waals surface area contributed by atoms with E-state index >= 15 is 0 Å². The first-order valence-corrected chi connectivity index (χ1v) is 12.8. The van der Waals surface area contributed by atoms with Crippen LogP contribution in [0.5, 0.6) is 0 Å². The molecule has 0 radical (unpaired) electrons. The van der Waals surface area contributed by atoms with E-state index in [1.54, 1.807) is 0 Å². The maximum Gasteiger partial charge on any atom is 0.490 e. The van der Waals surface area contributed by atoms with E-state index in [2.05, 4.69) is 32.6 Å². The van der Waals surface area contributed by atoms with Gasteiger partial charge in [-0.15, -0.1) is 11.3 Å². The van der Waals surface area contributed by atoms with Crippen LogP contribution in [0.1, 0.15) is 22.5 Å². The lowest BCUT2D eigenvalue weighted by Gasteiger charge is -2.43. The van der Waals surface area contributed by atoms with Gasteiger partial charge in [0.05, 0.1) is 11.5 Å². The van der Waals surface area contributed by atoms with E-state index in [0.717, 1.165) is 53.1 Å². The molecule has 2 aliphatic heterocycles. The number of amides is 2. The number of likely N-dealkylation sites (tertiary alicyclic amines) is 1. The highest BCUT2D eigenvalue weighted by Gasteiger charge is 2.50. The number of rotatable bonds is 5. The molecule has 202 valence electrons. The quantitative estimate of drug-likeness (QED) is 0.450. The Labute approximate surface area is 221 Å². The number of nitrogens with zero attached hydrogens (tertiary/aromatic N) is 2. The number of carboxylic acid groups (broad SMARTS) is 1. The van der Waals surface area contributed by atoms with Crippen molar-refractivity contribution >= 4 is 44.9 Å². The lowest BCUT2D eigenvalue weighted by Crippen LogP contribution is -2.57. The smallest absolute Gasteiger partial charge is 0.475 e. The second kappa shape index (κ2) is 11.4. The predicted octanol–water partition coefficient (Wildman–Crippen LogP) is 3.69. The van der Waals surface area contributed by atoms with E-state index < -0.39 is 17.7 Å². The molecule has 3 N–H and O–H groups in total. The van der Waals surface area contributed by atoms with Crippen molar-refractivity contribution in [1.82, 2.24) is 15.5 Å². The minimum absolute atomic E-state index is 0.0138. The van der Waals surface area contributed by atoms with Crippen LogP contribution < -0.4 is 15.5 Å². The summed E-state index contributed by atoms with van der Waals surface area (Å²) in [7, 11) is 0. The van der Waals surface area contributed by atoms with Gasteiger partial charge in [0.1, 0.15) is 5.54 Å². The first kappa shape index (κ1) is 27.4. The molecule has 0 unspecified atom stereocenters. The Hall–Kier alpha value is -3.64. The van der Waals surface area contributed by atoms with Crippen molar-refractivity contribution in [1.29, 1.82) is 0 Å². The number of benzene rings is 2. The fourth-order valence-electron chi connectivity index (χ4n) is 4.69. The van der Waals surface area contributed by atoms with Crippen LogP contribution >= 0.6 is 11.3 Å². The highest BCUT2D eigenvalue weighted by Crippen LogP contribution is 2.36. The molecule has 5 rings (SSSR count). The number of hydrogen-bond acceptors (Lipinski definition) is 6. The normalized spacial score (nSPS) is 17.1. The second-order valence-electron chi connectivity index (χ2n) is 9.01. The zero-order valence-electron chi connectivity index (χ0n) is 20.3. The molecule has 2 aliphatic rings. The number of thiophene rings is 1. The second-order valence-corrected chi connectivity index (χ2v) is 10.1. The first-order chi connectivity index (χ1) is 18.1. The van der Waals surface area contributed by atoms with E-state index in [4.69, 9.17) is 9.90 Å². The average molecular weight is 549 g/mol. The van der Waals surface area contributed by atoms with Gasteiger partial charge in [-0.3, -0.25) is 9.59 Å². The molecular weight excluding hydrogens is 521 g/mol. The van der Waals surface area contributed by atoms with Crippen LogP contribution in [0.4, 0.5) is 18.9 Å². The Balaban J connectivity index is 0.000000426. The van der Waals surface area contributed by atoms with E-state index in [-0.39, 0.29) is 11.8 Å². The summed E-state index contributed by atoms with van der Waals surface area (Å²) in [5.41, 5.74) is 0.628. The van der Waals surface area contributed by atoms with Crippen molar-refractivity contribution in [3.63, 3.8) is 0 Å². The van der Waals surface area contributed by atoms with Crippen molar-refractivity contribution < 1.29 is 32.7 Å². The molecule has 1 spiro atoms. The maximum atomic E-state index is 12.7. The van der Waals surface area contributed by atoms with E-state index in [0.29, 0.717) is 13.2 Å². The molecule has 2 aromatic carbocycles. The predicted molar refractivity (Wildman–Crippen MR) is 138 cm³/mol. The van der Waals surface area contributed by atoms with Crippen LogP contribution in [0, 0.1) is 0 Å². The molecule has 0 saturated carbocycles. The Kier molecular flexibility index (Phi) is 8.22. The monoisotopic (exact) mass is 548 g/mol. The van der Waals surface area contributed by atoms with Crippen LogP contribution in [-0.2, 0) is 9.59 Å². The molecule has 12 heteroatoms. The number of piperidine rings is 1. The Morgan fingerprint density at radius 3 is 2.32 bits per heavy atom. The van der Waals surface area contributed by atoms with Gasteiger partial charge in [0.2, 0.25) is 5.91 Å². The minimum atomic E-state index is -5.08. The van der Waals surface area contributed by atoms with Gasteiger partial charge in [0, 0.05) is 36.6 Å². The molecule has 2 amide bonds. The van der Waals surface area contributed by atoms with Crippen molar-refractivity contribution in [2.45, 2.75) is 24.6 Å². The number of carbonyl (C=O) groups is 3. The summed E-state index contributed by atoms with van der Waals surface area (Å²) in [5.74, 6) is -2.64. The van der Waals surface area contributed by atoms with Gasteiger partial charge in [-0.05, 0) is 42.5 Å². The third kappa shape index (κ3) is 6.08. The molecule has 38 heavy (non-hydrogen) atoms. The van der Waals surface area contributed by atoms with Crippen molar-refractivity contribution in [2.24, 2.45) is 0 Å². The fourth-order valence-corrected chi connectivity index (χ4v) is 5.67. The summed E-state index contributed by atoms with van der Waals surface area (Å²) < 4.78 is 32.9. The number of carboxylic acids is 1. The molecule has 0 bridgehead atoms. The van der Waals surface area contributed by atoms with Crippen LogP contribution in [0.15, 0.2) is 60.7 Å². The van der Waals surface area contributed by atoms with Gasteiger partial charge in [0.15, 0.2) is 0 Å². The van der Waals surface area contributed by atoms with Crippen LogP contribution in [-0.4, -0.2) is 72.4 Å². The average Bonchev–Trinajstić information content (AvgIpc) is 3.47. The van der Waals surface area contributed by atoms with E-state index in [9.17, 15) is 22.8 Å². The number of alkyl halides is 3. The van der Waals surface area contributed by atoms with Gasteiger partial charge in [0.25, 0.3) is 5.91 Å². The molecule has 2 fully saturated rings. The number of hydrogen-bond donors (Lipinski definition) is 3. The van der Waals surface area contributed by atoms with Crippen LogP contribution in [0.3, 0.4) is 0 Å². The molecule has 1 aromatic heterocycles. The van der Waals surface area contributed by atoms with Crippen LogP contribution in [0.25, 0.3) is 10.1 Å². The zero-order chi connectivity index (χ0) is 27.3. The Morgan fingerprint density at radius 2 is 1.68 bits per heavy atom. The highest BCUT2D eigenvalue weighted by molar-refractivity contribution is 7.20. The van der Waals surface area contributed by atoms with E-state index in [1.165, 1.54) is 11.3 Å². The molecule has 3 heterocycles. The summed E-state index contributed by atoms with van der Waals surface area (Å²) in [6.45, 7) is 3.65. The standard InChI is InChI=1S/C24H26N4O2S.C2HF3O2/c29-22(21-16-18-6-4-5-9-20(18)31-21)25-12-15-27-13-10-24(11-14-27)23(30)26-17-28(24)19-7-2-1-3-8-19;3-2(4,5)1(6)7/h1-9,16H,10-15,17H2,(H,25,29)(H,26,30);(H,6,7). The third-order valence-electron chi connectivity index (χ3n) is 6.69. The number of anilines is 1. The van der Waals surface area contributed by atoms with Gasteiger partial charge < -0.3 is 25.5 Å². The number of para-hydroxylation sites is 1. The van der Waals surface area contributed by atoms with Crippen molar-refractivity contribution in [3.05, 3.63) is 65.5 Å². The first-order valence-electron chi connectivity index (χ1n) is 12.0. The molecule has 0 atom stereocenters. The van der Waals surface area contributed by atoms with E-state index in [1.807, 2.05) is 48.5 Å². The zero-order valence-corrected chi connectivity index (χ0v) is 21.1. The molecule has 0 aliphatic carbocycles. The molecule has 2 saturated heterocycles. The number of nitrogens with one attached hydrogen (secondary N) is 2. The number of fused-ring (bicyclic) bond motifs is 1. The Morgan fingerprint density at radius 1 is 1.05 bits per heavy atom. The van der Waals surface area contributed by atoms with Gasteiger partial charge in [-0.1, -0.05) is 36.4 Å². The van der Waals surface area contributed by atoms with Gasteiger partial charge >= 0.3 is 12.1 Å². The number of aliphatic carboxylic acids is 1. The Bertz CT molecular complexity index is 1260. The summed E-state index contributed by atoms with van der Waals surface area (Å²) in [5, 5.41) is 14.3. The third-order valence-corrected chi connectivity index (χ3v) is 7.81.